The lowest BCUT2D eigenvalue weighted by atomic mass is 9.84. The molecule has 2 saturated heterocycles. The number of piperazine rings is 1. The molecule has 0 aromatic heterocycles. The Morgan fingerprint density at radius 3 is 2.32 bits per heavy atom. The Kier molecular flexibility index (Phi) is 10.8. The lowest BCUT2D eigenvalue weighted by Crippen LogP contribution is -2.51. The monoisotopic (exact) mass is 548 g/mol. The van der Waals surface area contributed by atoms with Gasteiger partial charge in [-0.15, -0.1) is 24.0 Å². The van der Waals surface area contributed by atoms with Crippen molar-refractivity contribution in [1.29, 1.82) is 0 Å². The molecule has 2 heterocycles. The van der Waals surface area contributed by atoms with Crippen molar-refractivity contribution in [3.8, 4) is 0 Å². The molecular weight excluding hydrogens is 507 g/mol. The van der Waals surface area contributed by atoms with Crippen molar-refractivity contribution in [1.82, 2.24) is 25.3 Å². The van der Waals surface area contributed by atoms with E-state index in [1.54, 1.807) is 0 Å². The normalized spacial score (nSPS) is 22.8. The number of likely N-dealkylation sites (tertiary alicyclic amines) is 1. The Morgan fingerprint density at radius 2 is 1.74 bits per heavy atom. The molecule has 8 nitrogen and oxygen atoms in total. The van der Waals surface area contributed by atoms with Crippen LogP contribution in [0.4, 0.5) is 0 Å². The number of guanidine groups is 1. The van der Waals surface area contributed by atoms with Gasteiger partial charge in [-0.05, 0) is 26.2 Å². The quantitative estimate of drug-likeness (QED) is 0.286. The van der Waals surface area contributed by atoms with E-state index in [9.17, 15) is 9.59 Å². The molecular formula is C22H41IN6O2. The molecule has 0 aromatic rings. The van der Waals surface area contributed by atoms with Crippen LogP contribution < -0.4 is 10.6 Å². The van der Waals surface area contributed by atoms with Crippen molar-refractivity contribution in [3.63, 3.8) is 0 Å². The van der Waals surface area contributed by atoms with E-state index >= 15 is 0 Å². The van der Waals surface area contributed by atoms with E-state index in [4.69, 9.17) is 4.99 Å². The molecule has 2 N–H and O–H groups in total. The van der Waals surface area contributed by atoms with E-state index < -0.39 is 0 Å². The maximum absolute atomic E-state index is 12.4. The molecule has 9 heteroatoms. The summed E-state index contributed by atoms with van der Waals surface area (Å²) in [7, 11) is 0. The van der Waals surface area contributed by atoms with Crippen LogP contribution in [0.25, 0.3) is 0 Å². The second-order valence-electron chi connectivity index (χ2n) is 9.12. The lowest BCUT2D eigenvalue weighted by Gasteiger charge is -2.38. The summed E-state index contributed by atoms with van der Waals surface area (Å²) in [5.74, 6) is 1.79. The van der Waals surface area contributed by atoms with Crippen molar-refractivity contribution in [2.45, 2.75) is 52.5 Å². The van der Waals surface area contributed by atoms with Gasteiger partial charge in [0, 0.05) is 70.2 Å². The molecule has 31 heavy (non-hydrogen) atoms. The van der Waals surface area contributed by atoms with Gasteiger partial charge in [0.1, 0.15) is 0 Å². The molecule has 3 fully saturated rings. The first-order valence-corrected chi connectivity index (χ1v) is 11.8. The Labute approximate surface area is 204 Å². The number of halogens is 1. The van der Waals surface area contributed by atoms with Crippen LogP contribution in [0.1, 0.15) is 46.5 Å². The zero-order valence-corrected chi connectivity index (χ0v) is 21.8. The van der Waals surface area contributed by atoms with Gasteiger partial charge in [-0.1, -0.05) is 20.3 Å². The highest BCUT2D eigenvalue weighted by molar-refractivity contribution is 14.0. The van der Waals surface area contributed by atoms with Crippen LogP contribution in [0.5, 0.6) is 0 Å². The van der Waals surface area contributed by atoms with Gasteiger partial charge < -0.3 is 20.4 Å². The van der Waals surface area contributed by atoms with Crippen molar-refractivity contribution in [2.24, 2.45) is 16.8 Å². The van der Waals surface area contributed by atoms with Crippen LogP contribution in [-0.4, -0.2) is 97.4 Å². The number of rotatable bonds is 7. The third-order valence-electron chi connectivity index (χ3n) is 6.50. The molecule has 0 spiro atoms. The standard InChI is InChI=1S/C22H40N6O2.HI/c1-4-23-22(25-19-8-10-28(16-19)20(29)17(2)3)24-9-11-26-12-14-27(15-13-26)21(30)18-6-5-7-18;/h17-19H,4-16H2,1-3H3,(H2,23,24,25);1H. The fourth-order valence-electron chi connectivity index (χ4n) is 4.37. The summed E-state index contributed by atoms with van der Waals surface area (Å²) in [6.07, 6.45) is 4.33. The van der Waals surface area contributed by atoms with Crippen LogP contribution in [0.3, 0.4) is 0 Å². The van der Waals surface area contributed by atoms with Gasteiger partial charge in [0.25, 0.3) is 0 Å². The van der Waals surface area contributed by atoms with Gasteiger partial charge in [-0.3, -0.25) is 19.5 Å². The van der Waals surface area contributed by atoms with Crippen LogP contribution in [0, 0.1) is 11.8 Å². The number of carbonyl (C=O) groups is 2. The van der Waals surface area contributed by atoms with Gasteiger partial charge in [-0.25, -0.2) is 0 Å². The molecule has 0 radical (unpaired) electrons. The SMILES string of the molecule is CCNC(=NCCN1CCN(C(=O)C2CCC2)CC1)NC1CCN(C(=O)C(C)C)C1.I. The largest absolute Gasteiger partial charge is 0.357 e. The molecule has 1 aliphatic carbocycles. The summed E-state index contributed by atoms with van der Waals surface area (Å²) in [4.78, 5) is 35.7. The molecule has 1 saturated carbocycles. The first-order valence-electron chi connectivity index (χ1n) is 11.8. The number of carbonyl (C=O) groups excluding carboxylic acids is 2. The van der Waals surface area contributed by atoms with Crippen LogP contribution >= 0.6 is 24.0 Å². The predicted octanol–water partition coefficient (Wildman–Crippen LogP) is 1.36. The summed E-state index contributed by atoms with van der Waals surface area (Å²) in [6.45, 7) is 13.6. The second kappa shape index (κ2) is 12.8. The number of aliphatic imine (C=N–C) groups is 1. The first kappa shape index (κ1) is 26.2. The molecule has 2 amide bonds. The van der Waals surface area contributed by atoms with Gasteiger partial charge in [-0.2, -0.15) is 0 Å². The zero-order chi connectivity index (χ0) is 21.5. The number of nitrogens with zero attached hydrogens (tertiary/aromatic N) is 4. The highest BCUT2D eigenvalue weighted by atomic mass is 127. The minimum atomic E-state index is 0. The number of nitrogens with one attached hydrogen (secondary N) is 2. The number of hydrogen-bond donors (Lipinski definition) is 2. The van der Waals surface area contributed by atoms with Gasteiger partial charge in [0.15, 0.2) is 5.96 Å². The molecule has 0 bridgehead atoms. The molecule has 178 valence electrons. The van der Waals surface area contributed by atoms with E-state index in [0.29, 0.717) is 11.8 Å². The molecule has 1 atom stereocenters. The smallest absolute Gasteiger partial charge is 0.225 e. The Morgan fingerprint density at radius 1 is 1.03 bits per heavy atom. The van der Waals surface area contributed by atoms with Crippen molar-refractivity contribution < 1.29 is 9.59 Å². The topological polar surface area (TPSA) is 80.3 Å². The number of hydrogen-bond acceptors (Lipinski definition) is 4. The Hall–Kier alpha value is -1.10. The highest BCUT2D eigenvalue weighted by Crippen LogP contribution is 2.28. The molecule has 3 rings (SSSR count). The third kappa shape index (κ3) is 7.47. The van der Waals surface area contributed by atoms with E-state index in [2.05, 4.69) is 27.4 Å². The molecule has 1 unspecified atom stereocenters. The van der Waals surface area contributed by atoms with Crippen LogP contribution in [0.2, 0.25) is 0 Å². The fourth-order valence-corrected chi connectivity index (χ4v) is 4.37. The minimum Gasteiger partial charge on any atom is -0.357 e. The summed E-state index contributed by atoms with van der Waals surface area (Å²) < 4.78 is 0. The Bertz CT molecular complexity index is 617. The highest BCUT2D eigenvalue weighted by Gasteiger charge is 2.31. The maximum Gasteiger partial charge on any atom is 0.225 e. The van der Waals surface area contributed by atoms with E-state index in [-0.39, 0.29) is 41.8 Å². The second-order valence-corrected chi connectivity index (χ2v) is 9.12. The van der Waals surface area contributed by atoms with Gasteiger partial charge in [0.2, 0.25) is 11.8 Å². The predicted molar refractivity (Wildman–Crippen MR) is 135 cm³/mol. The molecule has 3 aliphatic rings. The van der Waals surface area contributed by atoms with Crippen LogP contribution in [-0.2, 0) is 9.59 Å². The van der Waals surface area contributed by atoms with E-state index in [0.717, 1.165) is 84.1 Å². The Balaban J connectivity index is 0.00000341. The average Bonchev–Trinajstić information content (AvgIpc) is 3.15. The van der Waals surface area contributed by atoms with Crippen molar-refractivity contribution in [3.05, 3.63) is 0 Å². The van der Waals surface area contributed by atoms with Gasteiger partial charge in [0.05, 0.1) is 6.54 Å². The summed E-state index contributed by atoms with van der Waals surface area (Å²) >= 11 is 0. The van der Waals surface area contributed by atoms with E-state index in [1.165, 1.54) is 6.42 Å². The average molecular weight is 549 g/mol. The van der Waals surface area contributed by atoms with Gasteiger partial charge >= 0.3 is 0 Å². The number of amides is 2. The zero-order valence-electron chi connectivity index (χ0n) is 19.4. The summed E-state index contributed by atoms with van der Waals surface area (Å²) in [5.41, 5.74) is 0. The summed E-state index contributed by atoms with van der Waals surface area (Å²) in [5, 5.41) is 6.82. The van der Waals surface area contributed by atoms with E-state index in [1.807, 2.05) is 18.7 Å². The first-order chi connectivity index (χ1) is 14.5. The fraction of sp³-hybridized carbons (Fsp3) is 0.864. The minimum absolute atomic E-state index is 0. The third-order valence-corrected chi connectivity index (χ3v) is 6.50. The molecule has 0 aromatic carbocycles. The molecule has 2 aliphatic heterocycles. The summed E-state index contributed by atoms with van der Waals surface area (Å²) in [6, 6.07) is 0.256. The van der Waals surface area contributed by atoms with Crippen LogP contribution in [0.15, 0.2) is 4.99 Å². The van der Waals surface area contributed by atoms with Crippen molar-refractivity contribution in [2.75, 3.05) is 58.9 Å². The maximum atomic E-state index is 12.4. The van der Waals surface area contributed by atoms with Crippen molar-refractivity contribution >= 4 is 41.8 Å². The lowest BCUT2D eigenvalue weighted by molar-refractivity contribution is -0.140.